The van der Waals surface area contributed by atoms with Gasteiger partial charge in [0.25, 0.3) is 0 Å². The average molecular weight is 248 g/mol. The van der Waals surface area contributed by atoms with Crippen LogP contribution >= 0.6 is 0 Å². The average Bonchev–Trinajstić information content (AvgIpc) is 2.30. The van der Waals surface area contributed by atoms with Gasteiger partial charge in [0.2, 0.25) is 0 Å². The number of aryl methyl sites for hydroxylation is 1. The monoisotopic (exact) mass is 248 g/mol. The van der Waals surface area contributed by atoms with Crippen LogP contribution < -0.4 is 5.73 Å². The summed E-state index contributed by atoms with van der Waals surface area (Å²) >= 11 is 0. The molecule has 0 saturated heterocycles. The molecular weight excluding hydrogens is 224 g/mol. The summed E-state index contributed by atoms with van der Waals surface area (Å²) in [6.07, 6.45) is 1.89. The SMILES string of the molecule is Cc1cc(CN)ccc1CN(C)CC1CC(O)C1. The van der Waals surface area contributed by atoms with Gasteiger partial charge in [-0.05, 0) is 49.4 Å². The van der Waals surface area contributed by atoms with Crippen molar-refractivity contribution >= 4 is 0 Å². The molecule has 3 N–H and O–H groups in total. The van der Waals surface area contributed by atoms with E-state index in [1.165, 1.54) is 16.7 Å². The van der Waals surface area contributed by atoms with E-state index >= 15 is 0 Å². The minimum atomic E-state index is -0.0472. The van der Waals surface area contributed by atoms with E-state index in [0.717, 1.165) is 25.9 Å². The molecule has 1 saturated carbocycles. The van der Waals surface area contributed by atoms with Crippen LogP contribution in [0.3, 0.4) is 0 Å². The maximum atomic E-state index is 9.29. The molecule has 0 spiro atoms. The molecule has 0 atom stereocenters. The molecule has 0 radical (unpaired) electrons. The molecule has 1 aliphatic rings. The quantitative estimate of drug-likeness (QED) is 0.833. The zero-order valence-corrected chi connectivity index (χ0v) is 11.4. The molecule has 18 heavy (non-hydrogen) atoms. The van der Waals surface area contributed by atoms with E-state index in [-0.39, 0.29) is 6.10 Å². The normalized spacial score (nSPS) is 23.2. The Morgan fingerprint density at radius 3 is 2.67 bits per heavy atom. The number of aliphatic hydroxyl groups is 1. The maximum absolute atomic E-state index is 9.29. The number of hydrogen-bond acceptors (Lipinski definition) is 3. The van der Waals surface area contributed by atoms with E-state index in [1.807, 2.05) is 0 Å². The summed E-state index contributed by atoms with van der Waals surface area (Å²) in [5.41, 5.74) is 9.52. The maximum Gasteiger partial charge on any atom is 0.0546 e. The van der Waals surface area contributed by atoms with Crippen LogP contribution in [-0.2, 0) is 13.1 Å². The van der Waals surface area contributed by atoms with E-state index in [0.29, 0.717) is 12.5 Å². The van der Waals surface area contributed by atoms with Gasteiger partial charge >= 0.3 is 0 Å². The van der Waals surface area contributed by atoms with E-state index < -0.39 is 0 Å². The lowest BCUT2D eigenvalue weighted by Crippen LogP contribution is -2.36. The van der Waals surface area contributed by atoms with Crippen molar-refractivity contribution in [1.82, 2.24) is 4.90 Å². The zero-order valence-electron chi connectivity index (χ0n) is 11.4. The number of nitrogens with zero attached hydrogens (tertiary/aromatic N) is 1. The van der Waals surface area contributed by atoms with Gasteiger partial charge in [-0.3, -0.25) is 0 Å². The van der Waals surface area contributed by atoms with Gasteiger partial charge in [-0.1, -0.05) is 18.2 Å². The van der Waals surface area contributed by atoms with Crippen molar-refractivity contribution in [1.29, 1.82) is 0 Å². The Kier molecular flexibility index (Phi) is 4.38. The van der Waals surface area contributed by atoms with E-state index in [9.17, 15) is 5.11 Å². The van der Waals surface area contributed by atoms with Crippen LogP contribution in [0.1, 0.15) is 29.5 Å². The van der Waals surface area contributed by atoms with E-state index in [1.54, 1.807) is 0 Å². The summed E-state index contributed by atoms with van der Waals surface area (Å²) in [5.74, 6) is 0.675. The summed E-state index contributed by atoms with van der Waals surface area (Å²) < 4.78 is 0. The lowest BCUT2D eigenvalue weighted by Gasteiger charge is -2.34. The highest BCUT2D eigenvalue weighted by atomic mass is 16.3. The summed E-state index contributed by atoms with van der Waals surface area (Å²) in [5, 5.41) is 9.29. The summed E-state index contributed by atoms with van der Waals surface area (Å²) in [6.45, 7) is 4.81. The van der Waals surface area contributed by atoms with Crippen LogP contribution in [-0.4, -0.2) is 29.7 Å². The third-order valence-corrected chi connectivity index (χ3v) is 3.86. The first kappa shape index (κ1) is 13.5. The van der Waals surface area contributed by atoms with Gasteiger partial charge in [0, 0.05) is 19.6 Å². The highest BCUT2D eigenvalue weighted by molar-refractivity contribution is 5.30. The van der Waals surface area contributed by atoms with Crippen molar-refractivity contribution in [2.45, 2.75) is 39.0 Å². The second kappa shape index (κ2) is 5.83. The molecule has 3 nitrogen and oxygen atoms in total. The first-order chi connectivity index (χ1) is 8.58. The van der Waals surface area contributed by atoms with Gasteiger partial charge in [0.15, 0.2) is 0 Å². The van der Waals surface area contributed by atoms with Gasteiger partial charge < -0.3 is 15.7 Å². The van der Waals surface area contributed by atoms with Gasteiger partial charge in [0.05, 0.1) is 6.10 Å². The molecule has 100 valence electrons. The largest absolute Gasteiger partial charge is 0.393 e. The zero-order chi connectivity index (χ0) is 13.1. The minimum Gasteiger partial charge on any atom is -0.393 e. The van der Waals surface area contributed by atoms with Gasteiger partial charge in [-0.25, -0.2) is 0 Å². The van der Waals surface area contributed by atoms with Crippen molar-refractivity contribution < 1.29 is 5.11 Å². The molecule has 0 bridgehead atoms. The van der Waals surface area contributed by atoms with Crippen LogP contribution in [0.2, 0.25) is 0 Å². The van der Waals surface area contributed by atoms with E-state index in [4.69, 9.17) is 5.73 Å². The predicted molar refractivity (Wildman–Crippen MR) is 74.1 cm³/mol. The lowest BCUT2D eigenvalue weighted by atomic mass is 9.82. The first-order valence-corrected chi connectivity index (χ1v) is 6.73. The minimum absolute atomic E-state index is 0.0472. The van der Waals surface area contributed by atoms with Crippen molar-refractivity contribution in [3.05, 3.63) is 34.9 Å². The Balaban J connectivity index is 1.88. The van der Waals surface area contributed by atoms with Crippen LogP contribution in [0.25, 0.3) is 0 Å². The number of aliphatic hydroxyl groups excluding tert-OH is 1. The molecule has 1 aromatic carbocycles. The Morgan fingerprint density at radius 2 is 2.11 bits per heavy atom. The standard InChI is InChI=1S/C15H24N2O/c1-11-5-12(8-16)3-4-14(11)10-17(2)9-13-6-15(18)7-13/h3-5,13,15,18H,6-10,16H2,1-2H3. The Hall–Kier alpha value is -0.900. The van der Waals surface area contributed by atoms with E-state index in [2.05, 4.69) is 37.1 Å². The lowest BCUT2D eigenvalue weighted by molar-refractivity contribution is 0.0273. The topological polar surface area (TPSA) is 49.5 Å². The number of benzene rings is 1. The second-order valence-corrected chi connectivity index (χ2v) is 5.65. The van der Waals surface area contributed by atoms with Crippen LogP contribution in [0.15, 0.2) is 18.2 Å². The third-order valence-electron chi connectivity index (χ3n) is 3.86. The Labute approximate surface area is 110 Å². The highest BCUT2D eigenvalue weighted by Gasteiger charge is 2.27. The summed E-state index contributed by atoms with van der Waals surface area (Å²) in [7, 11) is 2.15. The Bertz CT molecular complexity index is 399. The van der Waals surface area contributed by atoms with Crippen molar-refractivity contribution in [2.24, 2.45) is 11.7 Å². The fourth-order valence-electron chi connectivity index (χ4n) is 2.71. The van der Waals surface area contributed by atoms with Crippen LogP contribution in [0.4, 0.5) is 0 Å². The predicted octanol–water partition coefficient (Wildman–Crippen LogP) is 1.66. The van der Waals surface area contributed by atoms with Crippen molar-refractivity contribution in [3.63, 3.8) is 0 Å². The van der Waals surface area contributed by atoms with Gasteiger partial charge in [-0.2, -0.15) is 0 Å². The van der Waals surface area contributed by atoms with Crippen LogP contribution in [0, 0.1) is 12.8 Å². The highest BCUT2D eigenvalue weighted by Crippen LogP contribution is 2.28. The number of hydrogen-bond donors (Lipinski definition) is 2. The van der Waals surface area contributed by atoms with Gasteiger partial charge in [0.1, 0.15) is 0 Å². The van der Waals surface area contributed by atoms with Crippen molar-refractivity contribution in [2.75, 3.05) is 13.6 Å². The fourth-order valence-corrected chi connectivity index (χ4v) is 2.71. The fraction of sp³-hybridized carbons (Fsp3) is 0.600. The second-order valence-electron chi connectivity index (χ2n) is 5.65. The Morgan fingerprint density at radius 1 is 1.39 bits per heavy atom. The molecular formula is C15H24N2O. The molecule has 1 aromatic rings. The molecule has 0 unspecified atom stereocenters. The molecule has 0 amide bonds. The first-order valence-electron chi connectivity index (χ1n) is 6.73. The number of rotatable bonds is 5. The van der Waals surface area contributed by atoms with Crippen LogP contribution in [0.5, 0.6) is 0 Å². The molecule has 1 aliphatic carbocycles. The molecule has 0 aromatic heterocycles. The molecule has 0 aliphatic heterocycles. The smallest absolute Gasteiger partial charge is 0.0546 e. The number of nitrogens with two attached hydrogens (primary N) is 1. The molecule has 2 rings (SSSR count). The molecule has 0 heterocycles. The van der Waals surface area contributed by atoms with Crippen molar-refractivity contribution in [3.8, 4) is 0 Å². The summed E-state index contributed by atoms with van der Waals surface area (Å²) in [4.78, 5) is 2.35. The molecule has 3 heteroatoms. The molecule has 1 fully saturated rings. The summed E-state index contributed by atoms with van der Waals surface area (Å²) in [6, 6.07) is 6.48. The van der Waals surface area contributed by atoms with Gasteiger partial charge in [-0.15, -0.1) is 0 Å². The third kappa shape index (κ3) is 3.31.